The zero-order valence-corrected chi connectivity index (χ0v) is 8.04. The van der Waals surface area contributed by atoms with Crippen molar-refractivity contribution >= 4 is 11.6 Å². The molecular formula is C8H13ClN2O. The summed E-state index contributed by atoms with van der Waals surface area (Å²) in [5.41, 5.74) is 1.01. The van der Waals surface area contributed by atoms with Gasteiger partial charge in [-0.25, -0.2) is 4.98 Å². The van der Waals surface area contributed by atoms with E-state index < -0.39 is 6.10 Å². The van der Waals surface area contributed by atoms with Crippen molar-refractivity contribution in [3.8, 4) is 0 Å². The summed E-state index contributed by atoms with van der Waals surface area (Å²) < 4.78 is 1.95. The lowest BCUT2D eigenvalue weighted by Crippen LogP contribution is -2.14. The predicted molar refractivity (Wildman–Crippen MR) is 48.4 cm³/mol. The molecular weight excluding hydrogens is 176 g/mol. The van der Waals surface area contributed by atoms with Crippen molar-refractivity contribution in [1.82, 2.24) is 9.55 Å². The third-order valence-corrected chi connectivity index (χ3v) is 2.30. The first-order valence-corrected chi connectivity index (χ1v) is 4.39. The smallest absolute Gasteiger partial charge is 0.105 e. The monoisotopic (exact) mass is 188 g/mol. The lowest BCUT2D eigenvalue weighted by molar-refractivity contribution is 0.196. The predicted octanol–water partition coefficient (Wildman–Crippen LogP) is 0.871. The van der Waals surface area contributed by atoms with Gasteiger partial charge < -0.3 is 9.67 Å². The van der Waals surface area contributed by atoms with Gasteiger partial charge in [0.05, 0.1) is 6.10 Å². The van der Waals surface area contributed by atoms with Gasteiger partial charge in [-0.2, -0.15) is 0 Å². The molecule has 0 aliphatic carbocycles. The van der Waals surface area contributed by atoms with Crippen molar-refractivity contribution in [1.29, 1.82) is 0 Å². The minimum absolute atomic E-state index is 0.268. The fourth-order valence-electron chi connectivity index (χ4n) is 1.03. The van der Waals surface area contributed by atoms with Crippen LogP contribution >= 0.6 is 11.6 Å². The van der Waals surface area contributed by atoms with Crippen molar-refractivity contribution < 1.29 is 5.11 Å². The molecule has 0 saturated heterocycles. The summed E-state index contributed by atoms with van der Waals surface area (Å²) in [6, 6.07) is 0. The van der Waals surface area contributed by atoms with Gasteiger partial charge in [0.15, 0.2) is 0 Å². The second-order valence-electron chi connectivity index (χ2n) is 2.87. The van der Waals surface area contributed by atoms with E-state index in [-0.39, 0.29) is 5.88 Å². The van der Waals surface area contributed by atoms with Crippen molar-refractivity contribution in [3.63, 3.8) is 0 Å². The van der Waals surface area contributed by atoms with Crippen LogP contribution in [0.3, 0.4) is 0 Å². The van der Waals surface area contributed by atoms with Crippen LogP contribution in [0.2, 0.25) is 0 Å². The van der Waals surface area contributed by atoms with Crippen LogP contribution in [0.5, 0.6) is 0 Å². The normalized spacial score (nSPS) is 13.3. The molecule has 0 aromatic carbocycles. The molecule has 1 atom stereocenters. The topological polar surface area (TPSA) is 38.1 Å². The molecule has 0 bridgehead atoms. The fourth-order valence-corrected chi connectivity index (χ4v) is 1.14. The number of nitrogens with zero attached hydrogens (tertiary/aromatic N) is 2. The molecule has 4 heteroatoms. The Morgan fingerprint density at radius 3 is 2.83 bits per heavy atom. The molecule has 1 aromatic heterocycles. The number of hydrogen-bond acceptors (Lipinski definition) is 2. The van der Waals surface area contributed by atoms with E-state index in [4.69, 9.17) is 11.6 Å². The summed E-state index contributed by atoms with van der Waals surface area (Å²) in [7, 11) is 1.93. The number of aromatic nitrogens is 2. The Labute approximate surface area is 77.0 Å². The molecule has 0 saturated carbocycles. The molecule has 1 unspecified atom stereocenters. The minimum Gasteiger partial charge on any atom is -0.391 e. The molecule has 0 spiro atoms. The number of halogens is 1. The van der Waals surface area contributed by atoms with E-state index in [0.717, 1.165) is 11.5 Å². The lowest BCUT2D eigenvalue weighted by atomic mass is 10.2. The van der Waals surface area contributed by atoms with Crippen LogP contribution < -0.4 is 0 Å². The summed E-state index contributed by atoms with van der Waals surface area (Å²) in [6.07, 6.45) is 1.87. The first-order valence-electron chi connectivity index (χ1n) is 3.86. The fraction of sp³-hybridized carbons (Fsp3) is 0.625. The summed E-state index contributed by atoms with van der Waals surface area (Å²) >= 11 is 5.48. The summed E-state index contributed by atoms with van der Waals surface area (Å²) in [6.45, 7) is 1.93. The first-order chi connectivity index (χ1) is 5.65. The largest absolute Gasteiger partial charge is 0.391 e. The number of hydrogen-bond donors (Lipinski definition) is 1. The van der Waals surface area contributed by atoms with Gasteiger partial charge >= 0.3 is 0 Å². The van der Waals surface area contributed by atoms with E-state index in [1.165, 1.54) is 0 Å². The number of aliphatic hydroxyl groups excluding tert-OH is 1. The number of aliphatic hydroxyl groups is 1. The maximum Gasteiger partial charge on any atom is 0.105 e. The summed E-state index contributed by atoms with van der Waals surface area (Å²) in [5.74, 6) is 1.22. The van der Waals surface area contributed by atoms with Crippen molar-refractivity contribution in [2.75, 3.05) is 5.88 Å². The summed E-state index contributed by atoms with van der Waals surface area (Å²) in [4.78, 5) is 4.11. The molecule has 0 radical (unpaired) electrons. The number of rotatable bonds is 3. The van der Waals surface area contributed by atoms with E-state index in [0.29, 0.717) is 6.42 Å². The molecule has 68 valence electrons. The molecule has 0 aliphatic rings. The highest BCUT2D eigenvalue weighted by molar-refractivity contribution is 6.18. The average Bonchev–Trinajstić information content (AvgIpc) is 2.36. The van der Waals surface area contributed by atoms with E-state index in [1.807, 2.05) is 18.5 Å². The number of imidazole rings is 1. The van der Waals surface area contributed by atoms with Crippen LogP contribution in [-0.4, -0.2) is 26.6 Å². The Bertz CT molecular complexity index is 260. The van der Waals surface area contributed by atoms with Gasteiger partial charge in [0, 0.05) is 31.2 Å². The van der Waals surface area contributed by atoms with Crippen molar-refractivity contribution in [3.05, 3.63) is 17.7 Å². The van der Waals surface area contributed by atoms with Gasteiger partial charge in [0.2, 0.25) is 0 Å². The Kier molecular flexibility index (Phi) is 3.12. The van der Waals surface area contributed by atoms with Gasteiger partial charge in [-0.05, 0) is 6.92 Å². The molecule has 0 amide bonds. The third-order valence-electron chi connectivity index (χ3n) is 1.94. The molecule has 0 fully saturated rings. The molecule has 1 N–H and O–H groups in total. The van der Waals surface area contributed by atoms with Gasteiger partial charge in [0.1, 0.15) is 5.82 Å². The minimum atomic E-state index is -0.471. The van der Waals surface area contributed by atoms with Crippen molar-refractivity contribution in [2.24, 2.45) is 7.05 Å². The second-order valence-corrected chi connectivity index (χ2v) is 3.18. The molecule has 3 nitrogen and oxygen atoms in total. The molecule has 1 aromatic rings. The maximum atomic E-state index is 9.27. The number of aryl methyl sites for hydroxylation is 1. The highest BCUT2D eigenvalue weighted by atomic mass is 35.5. The van der Waals surface area contributed by atoms with Crippen LogP contribution in [-0.2, 0) is 13.5 Å². The Morgan fingerprint density at radius 1 is 1.75 bits per heavy atom. The highest BCUT2D eigenvalue weighted by Gasteiger charge is 2.08. The zero-order valence-electron chi connectivity index (χ0n) is 7.29. The lowest BCUT2D eigenvalue weighted by Gasteiger charge is -2.07. The second kappa shape index (κ2) is 3.92. The first kappa shape index (κ1) is 9.55. The van der Waals surface area contributed by atoms with Crippen LogP contribution in [0.15, 0.2) is 6.20 Å². The van der Waals surface area contributed by atoms with Crippen LogP contribution in [0.4, 0.5) is 0 Å². The number of alkyl halides is 1. The van der Waals surface area contributed by atoms with Crippen molar-refractivity contribution in [2.45, 2.75) is 19.4 Å². The standard InChI is InChI=1S/C8H13ClN2O/c1-6-10-5-7(11(6)2)3-8(12)4-9/h5,8,12H,3-4H2,1-2H3. The average molecular weight is 189 g/mol. The van der Waals surface area contributed by atoms with Crippen LogP contribution in [0.25, 0.3) is 0 Å². The Hall–Kier alpha value is -0.540. The van der Waals surface area contributed by atoms with E-state index in [1.54, 1.807) is 6.20 Å². The Morgan fingerprint density at radius 2 is 2.42 bits per heavy atom. The quantitative estimate of drug-likeness (QED) is 0.715. The molecule has 1 heterocycles. The van der Waals surface area contributed by atoms with Gasteiger partial charge in [-0.15, -0.1) is 11.6 Å². The third kappa shape index (κ3) is 1.99. The van der Waals surface area contributed by atoms with E-state index >= 15 is 0 Å². The SMILES string of the molecule is Cc1ncc(CC(O)CCl)n1C. The Balaban J connectivity index is 2.69. The van der Waals surface area contributed by atoms with Crippen LogP contribution in [0.1, 0.15) is 11.5 Å². The summed E-state index contributed by atoms with van der Waals surface area (Å²) in [5, 5.41) is 9.27. The molecule has 0 aliphatic heterocycles. The van der Waals surface area contributed by atoms with Gasteiger partial charge in [0.25, 0.3) is 0 Å². The van der Waals surface area contributed by atoms with Gasteiger partial charge in [-0.3, -0.25) is 0 Å². The molecule has 1 rings (SSSR count). The van der Waals surface area contributed by atoms with E-state index in [9.17, 15) is 5.11 Å². The maximum absolute atomic E-state index is 9.27. The van der Waals surface area contributed by atoms with Crippen LogP contribution in [0, 0.1) is 6.92 Å². The zero-order chi connectivity index (χ0) is 9.14. The van der Waals surface area contributed by atoms with Gasteiger partial charge in [-0.1, -0.05) is 0 Å². The highest BCUT2D eigenvalue weighted by Crippen LogP contribution is 2.05. The molecule has 12 heavy (non-hydrogen) atoms. The van der Waals surface area contributed by atoms with E-state index in [2.05, 4.69) is 4.98 Å².